The minimum atomic E-state index is 0.804. The van der Waals surface area contributed by atoms with E-state index in [2.05, 4.69) is 48.7 Å². The molecule has 0 spiro atoms. The SMILES string of the molecule is CC1CC(=Cn2c3c(c4cc(Cl)ccc42)CN(C)CC3)CC(C)C1. The average molecular weight is 343 g/mol. The van der Waals surface area contributed by atoms with Gasteiger partial charge in [0.1, 0.15) is 0 Å². The fraction of sp³-hybridized carbons (Fsp3) is 0.524. The van der Waals surface area contributed by atoms with Gasteiger partial charge in [0.15, 0.2) is 0 Å². The van der Waals surface area contributed by atoms with E-state index in [-0.39, 0.29) is 0 Å². The van der Waals surface area contributed by atoms with Crippen LogP contribution in [0, 0.1) is 11.8 Å². The van der Waals surface area contributed by atoms with E-state index in [4.69, 9.17) is 11.6 Å². The maximum absolute atomic E-state index is 6.30. The second-order valence-electron chi connectivity index (χ2n) is 8.09. The largest absolute Gasteiger partial charge is 0.320 e. The molecule has 1 aliphatic carbocycles. The number of likely N-dealkylation sites (N-methyl/N-ethyl adjacent to an activating group) is 1. The molecule has 128 valence electrons. The summed E-state index contributed by atoms with van der Waals surface area (Å²) in [7, 11) is 2.21. The van der Waals surface area contributed by atoms with Crippen molar-refractivity contribution in [1.29, 1.82) is 0 Å². The van der Waals surface area contributed by atoms with E-state index in [0.717, 1.165) is 36.4 Å². The van der Waals surface area contributed by atoms with Crippen LogP contribution < -0.4 is 0 Å². The van der Waals surface area contributed by atoms with Crippen LogP contribution in [0.1, 0.15) is 44.4 Å². The first-order valence-corrected chi connectivity index (χ1v) is 9.58. The zero-order chi connectivity index (χ0) is 16.8. The first-order chi connectivity index (χ1) is 11.5. The van der Waals surface area contributed by atoms with Crippen LogP contribution in [-0.2, 0) is 13.0 Å². The highest BCUT2D eigenvalue weighted by Gasteiger charge is 2.24. The molecule has 1 fully saturated rings. The number of allylic oxidation sites excluding steroid dienone is 1. The molecule has 4 rings (SSSR count). The van der Waals surface area contributed by atoms with Gasteiger partial charge in [-0.05, 0) is 61.9 Å². The molecule has 0 N–H and O–H groups in total. The predicted octanol–water partition coefficient (Wildman–Crippen LogP) is 5.58. The first-order valence-electron chi connectivity index (χ1n) is 9.20. The Balaban J connectivity index is 1.86. The van der Waals surface area contributed by atoms with Gasteiger partial charge in [-0.25, -0.2) is 0 Å². The molecular formula is C21H27ClN2. The maximum atomic E-state index is 6.30. The maximum Gasteiger partial charge on any atom is 0.0529 e. The van der Waals surface area contributed by atoms with Crippen molar-refractivity contribution in [3.8, 4) is 0 Å². The Kier molecular flexibility index (Phi) is 4.22. The zero-order valence-corrected chi connectivity index (χ0v) is 15.7. The lowest BCUT2D eigenvalue weighted by atomic mass is 9.81. The lowest BCUT2D eigenvalue weighted by Crippen LogP contribution is -2.27. The Morgan fingerprint density at radius 1 is 1.17 bits per heavy atom. The molecule has 24 heavy (non-hydrogen) atoms. The fourth-order valence-corrected chi connectivity index (χ4v) is 4.94. The number of hydrogen-bond donors (Lipinski definition) is 0. The van der Waals surface area contributed by atoms with Crippen LogP contribution in [0.15, 0.2) is 23.8 Å². The molecule has 1 aromatic carbocycles. The van der Waals surface area contributed by atoms with Crippen molar-refractivity contribution in [2.45, 2.75) is 46.1 Å². The number of hydrogen-bond acceptors (Lipinski definition) is 1. The van der Waals surface area contributed by atoms with Gasteiger partial charge >= 0.3 is 0 Å². The summed E-state index contributed by atoms with van der Waals surface area (Å²) in [5.41, 5.74) is 5.88. The predicted molar refractivity (Wildman–Crippen MR) is 103 cm³/mol. The molecule has 2 aromatic rings. The number of aromatic nitrogens is 1. The van der Waals surface area contributed by atoms with Crippen LogP contribution in [0.25, 0.3) is 17.1 Å². The number of fused-ring (bicyclic) bond motifs is 3. The van der Waals surface area contributed by atoms with Crippen LogP contribution >= 0.6 is 11.6 Å². The third-order valence-electron chi connectivity index (χ3n) is 5.68. The second-order valence-corrected chi connectivity index (χ2v) is 8.52. The van der Waals surface area contributed by atoms with Crippen LogP contribution in [0.4, 0.5) is 0 Å². The molecule has 0 amide bonds. The van der Waals surface area contributed by atoms with Gasteiger partial charge in [0.25, 0.3) is 0 Å². The van der Waals surface area contributed by atoms with E-state index in [0.29, 0.717) is 0 Å². The van der Waals surface area contributed by atoms with Gasteiger partial charge in [-0.1, -0.05) is 31.0 Å². The summed E-state index contributed by atoms with van der Waals surface area (Å²) >= 11 is 6.30. The first kappa shape index (κ1) is 16.2. The van der Waals surface area contributed by atoms with Crippen LogP contribution in [0.2, 0.25) is 5.02 Å². The van der Waals surface area contributed by atoms with Crippen molar-refractivity contribution in [3.63, 3.8) is 0 Å². The monoisotopic (exact) mass is 342 g/mol. The highest BCUT2D eigenvalue weighted by atomic mass is 35.5. The van der Waals surface area contributed by atoms with Crippen molar-refractivity contribution in [2.24, 2.45) is 11.8 Å². The topological polar surface area (TPSA) is 8.17 Å². The van der Waals surface area contributed by atoms with E-state index in [1.54, 1.807) is 5.57 Å². The summed E-state index contributed by atoms with van der Waals surface area (Å²) in [5.74, 6) is 1.61. The minimum absolute atomic E-state index is 0.804. The van der Waals surface area contributed by atoms with Gasteiger partial charge in [-0.3, -0.25) is 0 Å². The van der Waals surface area contributed by atoms with Gasteiger partial charge < -0.3 is 9.47 Å². The number of halogens is 1. The van der Waals surface area contributed by atoms with E-state index in [1.165, 1.54) is 41.4 Å². The third kappa shape index (κ3) is 2.91. The molecule has 1 saturated carbocycles. The van der Waals surface area contributed by atoms with E-state index in [1.807, 2.05) is 6.07 Å². The molecule has 2 atom stereocenters. The van der Waals surface area contributed by atoms with Gasteiger partial charge in [0, 0.05) is 41.8 Å². The summed E-state index contributed by atoms with van der Waals surface area (Å²) in [5, 5.41) is 2.17. The summed E-state index contributed by atoms with van der Waals surface area (Å²) in [6.45, 7) is 6.94. The average Bonchev–Trinajstić information content (AvgIpc) is 2.79. The number of rotatable bonds is 1. The van der Waals surface area contributed by atoms with Gasteiger partial charge in [-0.2, -0.15) is 0 Å². The molecular weight excluding hydrogens is 316 g/mol. The zero-order valence-electron chi connectivity index (χ0n) is 15.0. The Bertz CT molecular complexity index is 790. The summed E-state index contributed by atoms with van der Waals surface area (Å²) in [4.78, 5) is 2.41. The molecule has 2 nitrogen and oxygen atoms in total. The molecule has 1 aliphatic heterocycles. The van der Waals surface area contributed by atoms with Crippen molar-refractivity contribution >= 4 is 28.7 Å². The normalized spacial score (nSPS) is 25.1. The van der Waals surface area contributed by atoms with Crippen LogP contribution in [0.3, 0.4) is 0 Å². The molecule has 0 saturated heterocycles. The van der Waals surface area contributed by atoms with E-state index >= 15 is 0 Å². The number of benzene rings is 1. The van der Waals surface area contributed by atoms with Gasteiger partial charge in [-0.15, -0.1) is 0 Å². The highest BCUT2D eigenvalue weighted by Crippen LogP contribution is 2.36. The van der Waals surface area contributed by atoms with Gasteiger partial charge in [0.2, 0.25) is 0 Å². The van der Waals surface area contributed by atoms with Gasteiger partial charge in [0.05, 0.1) is 5.52 Å². The van der Waals surface area contributed by atoms with E-state index in [9.17, 15) is 0 Å². The molecule has 2 unspecified atom stereocenters. The van der Waals surface area contributed by atoms with Crippen molar-refractivity contribution in [3.05, 3.63) is 40.1 Å². The molecule has 0 radical (unpaired) electrons. The van der Waals surface area contributed by atoms with Crippen LogP contribution in [-0.4, -0.2) is 23.1 Å². The minimum Gasteiger partial charge on any atom is -0.320 e. The summed E-state index contributed by atoms with van der Waals surface area (Å²) < 4.78 is 2.48. The van der Waals surface area contributed by atoms with Crippen molar-refractivity contribution in [2.75, 3.05) is 13.6 Å². The summed E-state index contributed by atoms with van der Waals surface area (Å²) in [6, 6.07) is 6.37. The lowest BCUT2D eigenvalue weighted by molar-refractivity contribution is 0.311. The van der Waals surface area contributed by atoms with Crippen molar-refractivity contribution < 1.29 is 0 Å². The smallest absolute Gasteiger partial charge is 0.0529 e. The van der Waals surface area contributed by atoms with Crippen LogP contribution in [0.5, 0.6) is 0 Å². The highest BCUT2D eigenvalue weighted by molar-refractivity contribution is 6.31. The Hall–Kier alpha value is -1.25. The Morgan fingerprint density at radius 2 is 1.92 bits per heavy atom. The molecule has 2 aliphatic rings. The summed E-state index contributed by atoms with van der Waals surface area (Å²) in [6.07, 6.45) is 7.42. The van der Waals surface area contributed by atoms with Crippen molar-refractivity contribution in [1.82, 2.24) is 9.47 Å². The molecule has 2 heterocycles. The Labute approximate surface area is 150 Å². The molecule has 3 heteroatoms. The third-order valence-corrected chi connectivity index (χ3v) is 5.91. The molecule has 1 aromatic heterocycles. The second kappa shape index (κ2) is 6.24. The quantitative estimate of drug-likeness (QED) is 0.656. The molecule has 0 bridgehead atoms. The Morgan fingerprint density at radius 3 is 2.67 bits per heavy atom. The lowest BCUT2D eigenvalue weighted by Gasteiger charge is -2.27. The fourth-order valence-electron chi connectivity index (χ4n) is 4.77. The number of nitrogens with zero attached hydrogens (tertiary/aromatic N) is 2. The van der Waals surface area contributed by atoms with E-state index < -0.39 is 0 Å². The standard InChI is InChI=1S/C21H27ClN2/c1-14-8-15(2)10-16(9-14)12-24-20-5-4-17(22)11-18(20)19-13-23(3)7-6-21(19)24/h4-5,11-12,14-15H,6-10,13H2,1-3H3.